The summed E-state index contributed by atoms with van der Waals surface area (Å²) in [5, 5.41) is 0. The van der Waals surface area contributed by atoms with Crippen LogP contribution in [0.3, 0.4) is 0 Å². The number of rotatable bonds is 3. The lowest BCUT2D eigenvalue weighted by Crippen LogP contribution is -1.80. The standard InChI is InChI=1S/C9H14/c1-3-5-8(4-2)9-6-7-9/h3,5,9H,1,4,6-7H2,2H3/b8-5-. The highest BCUT2D eigenvalue weighted by Gasteiger charge is 2.23. The van der Waals surface area contributed by atoms with Crippen molar-refractivity contribution in [1.82, 2.24) is 0 Å². The van der Waals surface area contributed by atoms with Gasteiger partial charge in [-0.15, -0.1) is 0 Å². The van der Waals surface area contributed by atoms with Crippen molar-refractivity contribution in [3.05, 3.63) is 24.3 Å². The lowest BCUT2D eigenvalue weighted by Gasteiger charge is -1.96. The molecule has 0 aromatic carbocycles. The third-order valence-electron chi connectivity index (χ3n) is 1.84. The first-order chi connectivity index (χ1) is 4.38. The summed E-state index contributed by atoms with van der Waals surface area (Å²) in [6, 6.07) is 0. The van der Waals surface area contributed by atoms with Gasteiger partial charge in [0.2, 0.25) is 0 Å². The van der Waals surface area contributed by atoms with Gasteiger partial charge in [-0.25, -0.2) is 0 Å². The highest BCUT2D eigenvalue weighted by Crippen LogP contribution is 2.37. The Kier molecular flexibility index (Phi) is 2.10. The maximum absolute atomic E-state index is 3.68. The van der Waals surface area contributed by atoms with Gasteiger partial charge in [-0.1, -0.05) is 31.2 Å². The molecule has 0 aromatic rings. The van der Waals surface area contributed by atoms with Crippen LogP contribution in [0.5, 0.6) is 0 Å². The molecule has 0 N–H and O–H groups in total. The van der Waals surface area contributed by atoms with Crippen LogP contribution in [0.15, 0.2) is 24.3 Å². The molecular weight excluding hydrogens is 108 g/mol. The molecule has 9 heavy (non-hydrogen) atoms. The Hall–Kier alpha value is -0.520. The minimum atomic E-state index is 0.924. The van der Waals surface area contributed by atoms with E-state index in [9.17, 15) is 0 Å². The predicted octanol–water partition coefficient (Wildman–Crippen LogP) is 2.92. The summed E-state index contributed by atoms with van der Waals surface area (Å²) in [4.78, 5) is 0. The van der Waals surface area contributed by atoms with E-state index in [1.165, 1.54) is 19.3 Å². The summed E-state index contributed by atoms with van der Waals surface area (Å²) in [6.07, 6.45) is 8.09. The Labute approximate surface area is 57.3 Å². The van der Waals surface area contributed by atoms with Gasteiger partial charge in [0.1, 0.15) is 0 Å². The van der Waals surface area contributed by atoms with Gasteiger partial charge in [0, 0.05) is 0 Å². The highest BCUT2D eigenvalue weighted by atomic mass is 14.3. The molecule has 0 unspecified atom stereocenters. The summed E-state index contributed by atoms with van der Waals surface area (Å²) in [5.74, 6) is 0.924. The Morgan fingerprint density at radius 2 is 2.33 bits per heavy atom. The molecule has 0 spiro atoms. The Morgan fingerprint density at radius 3 is 2.67 bits per heavy atom. The zero-order chi connectivity index (χ0) is 6.69. The molecule has 0 heteroatoms. The van der Waals surface area contributed by atoms with Crippen LogP contribution in [0.1, 0.15) is 26.2 Å². The smallest absolute Gasteiger partial charge is 0.0200 e. The van der Waals surface area contributed by atoms with E-state index < -0.39 is 0 Å². The number of allylic oxidation sites excluding steroid dienone is 3. The van der Waals surface area contributed by atoms with E-state index in [0.717, 1.165) is 5.92 Å². The van der Waals surface area contributed by atoms with Crippen molar-refractivity contribution in [2.45, 2.75) is 26.2 Å². The van der Waals surface area contributed by atoms with E-state index in [-0.39, 0.29) is 0 Å². The van der Waals surface area contributed by atoms with Crippen molar-refractivity contribution < 1.29 is 0 Å². The Bertz CT molecular complexity index is 127. The lowest BCUT2D eigenvalue weighted by atomic mass is 10.1. The molecule has 0 bridgehead atoms. The molecular formula is C9H14. The van der Waals surface area contributed by atoms with Crippen LogP contribution in [-0.4, -0.2) is 0 Å². The number of hydrogen-bond acceptors (Lipinski definition) is 0. The van der Waals surface area contributed by atoms with Crippen molar-refractivity contribution >= 4 is 0 Å². The molecule has 0 atom stereocenters. The van der Waals surface area contributed by atoms with Crippen LogP contribution in [0.4, 0.5) is 0 Å². The Morgan fingerprint density at radius 1 is 1.67 bits per heavy atom. The van der Waals surface area contributed by atoms with Gasteiger partial charge >= 0.3 is 0 Å². The third-order valence-corrected chi connectivity index (χ3v) is 1.84. The minimum Gasteiger partial charge on any atom is -0.0991 e. The third kappa shape index (κ3) is 1.70. The zero-order valence-corrected chi connectivity index (χ0v) is 6.06. The summed E-state index contributed by atoms with van der Waals surface area (Å²) < 4.78 is 0. The molecule has 1 rings (SSSR count). The average molecular weight is 122 g/mol. The van der Waals surface area contributed by atoms with E-state index in [1.54, 1.807) is 5.57 Å². The van der Waals surface area contributed by atoms with Gasteiger partial charge in [0.15, 0.2) is 0 Å². The minimum absolute atomic E-state index is 0.924. The van der Waals surface area contributed by atoms with E-state index in [0.29, 0.717) is 0 Å². The van der Waals surface area contributed by atoms with Crippen LogP contribution < -0.4 is 0 Å². The van der Waals surface area contributed by atoms with E-state index in [2.05, 4.69) is 19.6 Å². The van der Waals surface area contributed by atoms with Gasteiger partial charge < -0.3 is 0 Å². The normalized spacial score (nSPS) is 19.9. The molecule has 50 valence electrons. The van der Waals surface area contributed by atoms with Crippen molar-refractivity contribution in [3.63, 3.8) is 0 Å². The SMILES string of the molecule is C=C/C=C(/CC)C1CC1. The summed E-state index contributed by atoms with van der Waals surface area (Å²) in [5.41, 5.74) is 1.59. The van der Waals surface area contributed by atoms with Gasteiger partial charge in [-0.05, 0) is 25.2 Å². The zero-order valence-electron chi connectivity index (χ0n) is 6.06. The monoisotopic (exact) mass is 122 g/mol. The second kappa shape index (κ2) is 2.86. The van der Waals surface area contributed by atoms with Crippen LogP contribution in [0.25, 0.3) is 0 Å². The maximum atomic E-state index is 3.68. The number of hydrogen-bond donors (Lipinski definition) is 0. The molecule has 0 amide bonds. The van der Waals surface area contributed by atoms with E-state index >= 15 is 0 Å². The molecule has 0 aromatic heterocycles. The van der Waals surface area contributed by atoms with Crippen LogP contribution in [0.2, 0.25) is 0 Å². The highest BCUT2D eigenvalue weighted by molar-refractivity contribution is 5.17. The molecule has 0 nitrogen and oxygen atoms in total. The van der Waals surface area contributed by atoms with Crippen molar-refractivity contribution in [2.75, 3.05) is 0 Å². The molecule has 0 radical (unpaired) electrons. The average Bonchev–Trinajstić information content (AvgIpc) is 2.64. The molecule has 0 heterocycles. The predicted molar refractivity (Wildman–Crippen MR) is 41.3 cm³/mol. The van der Waals surface area contributed by atoms with Crippen molar-refractivity contribution in [3.8, 4) is 0 Å². The second-order valence-corrected chi connectivity index (χ2v) is 2.61. The largest absolute Gasteiger partial charge is 0.0991 e. The van der Waals surface area contributed by atoms with Crippen LogP contribution in [-0.2, 0) is 0 Å². The second-order valence-electron chi connectivity index (χ2n) is 2.61. The molecule has 1 aliphatic rings. The van der Waals surface area contributed by atoms with E-state index in [1.807, 2.05) is 6.08 Å². The Balaban J connectivity index is 2.46. The van der Waals surface area contributed by atoms with Gasteiger partial charge in [-0.3, -0.25) is 0 Å². The molecule has 1 aliphatic carbocycles. The van der Waals surface area contributed by atoms with Gasteiger partial charge in [0.05, 0.1) is 0 Å². The molecule has 0 aliphatic heterocycles. The lowest BCUT2D eigenvalue weighted by molar-refractivity contribution is 0.912. The van der Waals surface area contributed by atoms with Crippen molar-refractivity contribution in [2.24, 2.45) is 5.92 Å². The fourth-order valence-electron chi connectivity index (χ4n) is 1.15. The van der Waals surface area contributed by atoms with Gasteiger partial charge in [-0.2, -0.15) is 0 Å². The van der Waals surface area contributed by atoms with Gasteiger partial charge in [0.25, 0.3) is 0 Å². The van der Waals surface area contributed by atoms with Crippen molar-refractivity contribution in [1.29, 1.82) is 0 Å². The molecule has 1 fully saturated rings. The first-order valence-corrected chi connectivity index (χ1v) is 3.70. The first kappa shape index (κ1) is 6.60. The quantitative estimate of drug-likeness (QED) is 0.505. The maximum Gasteiger partial charge on any atom is -0.0200 e. The first-order valence-electron chi connectivity index (χ1n) is 3.70. The fourth-order valence-corrected chi connectivity index (χ4v) is 1.15. The van der Waals surface area contributed by atoms with E-state index in [4.69, 9.17) is 0 Å². The topological polar surface area (TPSA) is 0 Å². The summed E-state index contributed by atoms with van der Waals surface area (Å²) in [6.45, 7) is 5.90. The molecule has 1 saturated carbocycles. The summed E-state index contributed by atoms with van der Waals surface area (Å²) in [7, 11) is 0. The van der Waals surface area contributed by atoms with Crippen LogP contribution >= 0.6 is 0 Å². The fraction of sp³-hybridized carbons (Fsp3) is 0.556. The summed E-state index contributed by atoms with van der Waals surface area (Å²) >= 11 is 0. The molecule has 0 saturated heterocycles. The van der Waals surface area contributed by atoms with Crippen LogP contribution in [0, 0.1) is 5.92 Å².